The lowest BCUT2D eigenvalue weighted by Crippen LogP contribution is -2.44. The molecule has 0 unspecified atom stereocenters. The molecule has 0 spiro atoms. The fraction of sp³-hybridized carbons (Fsp3) is 0.588. The van der Waals surface area contributed by atoms with Crippen molar-refractivity contribution in [3.63, 3.8) is 0 Å². The summed E-state index contributed by atoms with van der Waals surface area (Å²) < 4.78 is 5.55. The molecule has 21 heavy (non-hydrogen) atoms. The summed E-state index contributed by atoms with van der Waals surface area (Å²) in [6, 6.07) is 8.25. The van der Waals surface area contributed by atoms with Gasteiger partial charge < -0.3 is 15.4 Å². The molecule has 0 saturated carbocycles. The van der Waals surface area contributed by atoms with Crippen molar-refractivity contribution in [2.45, 2.75) is 45.1 Å². The second-order valence-electron chi connectivity index (χ2n) is 6.65. The molecular weight excluding hydrogens is 264 g/mol. The van der Waals surface area contributed by atoms with Crippen LogP contribution in [0.15, 0.2) is 24.3 Å². The summed E-state index contributed by atoms with van der Waals surface area (Å²) in [4.78, 5) is 11.9. The van der Waals surface area contributed by atoms with Gasteiger partial charge in [0.1, 0.15) is 5.75 Å². The molecule has 116 valence electrons. The van der Waals surface area contributed by atoms with Crippen LogP contribution >= 0.6 is 0 Å². The minimum Gasteiger partial charge on any atom is -0.484 e. The van der Waals surface area contributed by atoms with Gasteiger partial charge in [-0.3, -0.25) is 4.79 Å². The van der Waals surface area contributed by atoms with E-state index in [9.17, 15) is 4.79 Å². The number of amides is 1. The lowest BCUT2D eigenvalue weighted by Gasteiger charge is -2.23. The third-order valence-electron chi connectivity index (χ3n) is 3.79. The Bertz CT molecular complexity index is 457. The highest BCUT2D eigenvalue weighted by Crippen LogP contribution is 2.24. The molecule has 2 N–H and O–H groups in total. The molecule has 0 aromatic heterocycles. The van der Waals surface area contributed by atoms with E-state index in [1.54, 1.807) is 0 Å². The molecule has 4 heteroatoms. The molecule has 1 fully saturated rings. The van der Waals surface area contributed by atoms with E-state index in [1.165, 1.54) is 5.56 Å². The summed E-state index contributed by atoms with van der Waals surface area (Å²) in [6.07, 6.45) is 1.98. The van der Waals surface area contributed by atoms with Crippen molar-refractivity contribution in [3.05, 3.63) is 29.8 Å². The predicted octanol–water partition coefficient (Wildman–Crippen LogP) is 2.23. The molecular formula is C17H26N2O2. The second-order valence-corrected chi connectivity index (χ2v) is 6.65. The second kappa shape index (κ2) is 6.94. The van der Waals surface area contributed by atoms with E-state index in [0.717, 1.165) is 31.7 Å². The average Bonchev–Trinajstić information content (AvgIpc) is 2.46. The zero-order chi connectivity index (χ0) is 15.3. The number of benzene rings is 1. The largest absolute Gasteiger partial charge is 0.484 e. The van der Waals surface area contributed by atoms with Gasteiger partial charge in [0.25, 0.3) is 5.91 Å². The number of piperidine rings is 1. The van der Waals surface area contributed by atoms with Crippen LogP contribution < -0.4 is 15.4 Å². The van der Waals surface area contributed by atoms with Gasteiger partial charge in [-0.25, -0.2) is 0 Å². The quantitative estimate of drug-likeness (QED) is 0.894. The Morgan fingerprint density at radius 1 is 1.24 bits per heavy atom. The molecule has 0 aliphatic carbocycles. The van der Waals surface area contributed by atoms with Gasteiger partial charge in [0, 0.05) is 6.04 Å². The fourth-order valence-corrected chi connectivity index (χ4v) is 2.44. The van der Waals surface area contributed by atoms with E-state index in [4.69, 9.17) is 4.74 Å². The molecule has 1 aliphatic rings. The first kappa shape index (κ1) is 15.8. The summed E-state index contributed by atoms with van der Waals surface area (Å²) in [5, 5.41) is 6.30. The van der Waals surface area contributed by atoms with Gasteiger partial charge in [0.2, 0.25) is 0 Å². The molecule has 1 aliphatic heterocycles. The minimum absolute atomic E-state index is 0.0400. The van der Waals surface area contributed by atoms with E-state index in [0.29, 0.717) is 0 Å². The molecule has 2 rings (SSSR count). The maximum Gasteiger partial charge on any atom is 0.258 e. The SMILES string of the molecule is CC(C)(C)c1ccc(OCC(=O)NC2CCNCC2)cc1. The fourth-order valence-electron chi connectivity index (χ4n) is 2.44. The highest BCUT2D eigenvalue weighted by atomic mass is 16.5. The Balaban J connectivity index is 1.78. The number of hydrogen-bond acceptors (Lipinski definition) is 3. The van der Waals surface area contributed by atoms with Crippen LogP contribution in [0.3, 0.4) is 0 Å². The van der Waals surface area contributed by atoms with Crippen LogP contribution in [0.25, 0.3) is 0 Å². The number of nitrogens with one attached hydrogen (secondary N) is 2. The zero-order valence-corrected chi connectivity index (χ0v) is 13.2. The van der Waals surface area contributed by atoms with Crippen LogP contribution in [0.2, 0.25) is 0 Å². The third kappa shape index (κ3) is 5.05. The Hall–Kier alpha value is -1.55. The van der Waals surface area contributed by atoms with Gasteiger partial charge >= 0.3 is 0 Å². The van der Waals surface area contributed by atoms with Crippen LogP contribution in [-0.2, 0) is 10.2 Å². The Morgan fingerprint density at radius 3 is 2.43 bits per heavy atom. The first-order chi connectivity index (χ1) is 9.95. The van der Waals surface area contributed by atoms with E-state index >= 15 is 0 Å². The van der Waals surface area contributed by atoms with Crippen LogP contribution in [0.4, 0.5) is 0 Å². The molecule has 0 bridgehead atoms. The predicted molar refractivity (Wildman–Crippen MR) is 84.7 cm³/mol. The Labute approximate surface area is 127 Å². The normalized spacial score (nSPS) is 16.5. The lowest BCUT2D eigenvalue weighted by molar-refractivity contribution is -0.123. The molecule has 1 amide bonds. The van der Waals surface area contributed by atoms with Crippen molar-refractivity contribution < 1.29 is 9.53 Å². The average molecular weight is 290 g/mol. The van der Waals surface area contributed by atoms with Crippen molar-refractivity contribution in [2.75, 3.05) is 19.7 Å². The third-order valence-corrected chi connectivity index (χ3v) is 3.79. The maximum absolute atomic E-state index is 11.9. The molecule has 0 radical (unpaired) electrons. The monoisotopic (exact) mass is 290 g/mol. The van der Waals surface area contributed by atoms with Crippen LogP contribution in [0.5, 0.6) is 5.75 Å². The summed E-state index contributed by atoms with van der Waals surface area (Å²) in [5.74, 6) is 0.699. The molecule has 1 saturated heterocycles. The van der Waals surface area contributed by atoms with E-state index < -0.39 is 0 Å². The van der Waals surface area contributed by atoms with Crippen molar-refractivity contribution in [3.8, 4) is 5.75 Å². The maximum atomic E-state index is 11.9. The van der Waals surface area contributed by atoms with E-state index in [1.807, 2.05) is 12.1 Å². The van der Waals surface area contributed by atoms with Crippen molar-refractivity contribution in [2.24, 2.45) is 0 Å². The van der Waals surface area contributed by atoms with Gasteiger partial charge in [-0.05, 0) is 49.0 Å². The van der Waals surface area contributed by atoms with Crippen LogP contribution in [0, 0.1) is 0 Å². The zero-order valence-electron chi connectivity index (χ0n) is 13.2. The van der Waals surface area contributed by atoms with Crippen molar-refractivity contribution in [1.29, 1.82) is 0 Å². The summed E-state index contributed by atoms with van der Waals surface area (Å²) >= 11 is 0. The smallest absolute Gasteiger partial charge is 0.258 e. The lowest BCUT2D eigenvalue weighted by atomic mass is 9.87. The number of carbonyl (C=O) groups is 1. The first-order valence-electron chi connectivity index (χ1n) is 7.68. The van der Waals surface area contributed by atoms with Gasteiger partial charge in [0.15, 0.2) is 6.61 Å². The molecule has 0 atom stereocenters. The van der Waals surface area contributed by atoms with Gasteiger partial charge in [-0.2, -0.15) is 0 Å². The molecule has 1 aromatic carbocycles. The summed E-state index contributed by atoms with van der Waals surface area (Å²) in [6.45, 7) is 8.55. The summed E-state index contributed by atoms with van der Waals surface area (Å²) in [7, 11) is 0. The van der Waals surface area contributed by atoms with Gasteiger partial charge in [0.05, 0.1) is 0 Å². The number of hydrogen-bond donors (Lipinski definition) is 2. The van der Waals surface area contributed by atoms with Gasteiger partial charge in [-0.1, -0.05) is 32.9 Å². The highest BCUT2D eigenvalue weighted by Gasteiger charge is 2.16. The van der Waals surface area contributed by atoms with Crippen LogP contribution in [-0.4, -0.2) is 31.6 Å². The number of ether oxygens (including phenoxy) is 1. The topological polar surface area (TPSA) is 50.4 Å². The first-order valence-corrected chi connectivity index (χ1v) is 7.68. The van der Waals surface area contributed by atoms with E-state index in [-0.39, 0.29) is 24.0 Å². The number of carbonyl (C=O) groups excluding carboxylic acids is 1. The Morgan fingerprint density at radius 2 is 1.86 bits per heavy atom. The number of rotatable bonds is 4. The van der Waals surface area contributed by atoms with Crippen LogP contribution in [0.1, 0.15) is 39.2 Å². The van der Waals surface area contributed by atoms with E-state index in [2.05, 4.69) is 43.5 Å². The Kier molecular flexibility index (Phi) is 5.23. The molecule has 1 heterocycles. The molecule has 1 aromatic rings. The van der Waals surface area contributed by atoms with Crippen molar-refractivity contribution in [1.82, 2.24) is 10.6 Å². The standard InChI is InChI=1S/C17H26N2O2/c1-17(2,3)13-4-6-15(7-5-13)21-12-16(20)19-14-8-10-18-11-9-14/h4-7,14,18H,8-12H2,1-3H3,(H,19,20). The minimum atomic E-state index is -0.0400. The highest BCUT2D eigenvalue weighted by molar-refractivity contribution is 5.77. The van der Waals surface area contributed by atoms with Crippen molar-refractivity contribution >= 4 is 5.91 Å². The molecule has 4 nitrogen and oxygen atoms in total. The summed E-state index contributed by atoms with van der Waals surface area (Å²) in [5.41, 5.74) is 1.39. The van der Waals surface area contributed by atoms with Gasteiger partial charge in [-0.15, -0.1) is 0 Å².